The Morgan fingerprint density at radius 3 is 2.80 bits per heavy atom. The molecule has 0 bridgehead atoms. The van der Waals surface area contributed by atoms with E-state index < -0.39 is 5.41 Å². The molecule has 86 valence electrons. The predicted octanol–water partition coefficient (Wildman–Crippen LogP) is 1.31. The minimum absolute atomic E-state index is 0.0231. The maximum atomic E-state index is 12.0. The van der Waals surface area contributed by atoms with Gasteiger partial charge in [0.1, 0.15) is 0 Å². The summed E-state index contributed by atoms with van der Waals surface area (Å²) < 4.78 is 0. The third-order valence-electron chi connectivity index (χ3n) is 3.02. The van der Waals surface area contributed by atoms with Gasteiger partial charge in [-0.1, -0.05) is 19.1 Å². The predicted molar refractivity (Wildman–Crippen MR) is 69.1 cm³/mol. The molecule has 0 spiro atoms. The van der Waals surface area contributed by atoms with E-state index in [0.29, 0.717) is 12.5 Å². The molecule has 0 aromatic rings. The van der Waals surface area contributed by atoms with Crippen molar-refractivity contribution in [2.24, 2.45) is 11.1 Å². The Morgan fingerprint density at radius 1 is 1.73 bits per heavy atom. The van der Waals surface area contributed by atoms with Crippen molar-refractivity contribution < 1.29 is 4.79 Å². The summed E-state index contributed by atoms with van der Waals surface area (Å²) in [6.45, 7) is 3.74. The highest BCUT2D eigenvalue weighted by Crippen LogP contribution is 2.24. The van der Waals surface area contributed by atoms with Gasteiger partial charge in [-0.2, -0.15) is 11.8 Å². The molecule has 2 atom stereocenters. The van der Waals surface area contributed by atoms with Crippen LogP contribution >= 0.6 is 24.0 Å². The van der Waals surface area contributed by atoms with Crippen molar-refractivity contribution in [3.05, 3.63) is 0 Å². The monoisotopic (exact) mass is 246 g/mol. The van der Waals surface area contributed by atoms with E-state index in [2.05, 4.69) is 5.32 Å². The van der Waals surface area contributed by atoms with Gasteiger partial charge in [0.25, 0.3) is 0 Å². The highest BCUT2D eigenvalue weighted by atomic mass is 32.2. The molecule has 5 heteroatoms. The van der Waals surface area contributed by atoms with E-state index in [0.717, 1.165) is 17.9 Å². The molecule has 0 aliphatic carbocycles. The van der Waals surface area contributed by atoms with Gasteiger partial charge in [0, 0.05) is 11.8 Å². The van der Waals surface area contributed by atoms with Gasteiger partial charge in [-0.25, -0.2) is 0 Å². The molecule has 1 rings (SSSR count). The lowest BCUT2D eigenvalue weighted by Crippen LogP contribution is -2.49. The Hall–Kier alpha value is -0.290. The van der Waals surface area contributed by atoms with Crippen LogP contribution in [0.15, 0.2) is 0 Å². The molecule has 1 heterocycles. The van der Waals surface area contributed by atoms with Crippen molar-refractivity contribution in [2.75, 3.05) is 11.5 Å². The van der Waals surface area contributed by atoms with Crippen LogP contribution in [-0.4, -0.2) is 28.4 Å². The summed E-state index contributed by atoms with van der Waals surface area (Å²) in [6.07, 6.45) is 1.70. The van der Waals surface area contributed by atoms with Gasteiger partial charge in [-0.15, -0.1) is 0 Å². The molecule has 2 unspecified atom stereocenters. The van der Waals surface area contributed by atoms with E-state index >= 15 is 0 Å². The van der Waals surface area contributed by atoms with Gasteiger partial charge in [0.15, 0.2) is 0 Å². The first-order valence-corrected chi connectivity index (χ1v) is 6.75. The molecule has 0 aromatic carbocycles. The van der Waals surface area contributed by atoms with E-state index in [1.165, 1.54) is 0 Å². The first kappa shape index (κ1) is 12.8. The summed E-state index contributed by atoms with van der Waals surface area (Å²) in [4.78, 5) is 12.3. The van der Waals surface area contributed by atoms with Crippen molar-refractivity contribution in [3.63, 3.8) is 0 Å². The van der Waals surface area contributed by atoms with Gasteiger partial charge in [0.05, 0.1) is 10.4 Å². The average Bonchev–Trinajstić information content (AvgIpc) is 2.68. The smallest absolute Gasteiger partial charge is 0.233 e. The third-order valence-corrected chi connectivity index (χ3v) is 4.63. The molecule has 0 saturated carbocycles. The van der Waals surface area contributed by atoms with E-state index in [1.54, 1.807) is 0 Å². The number of hydrogen-bond acceptors (Lipinski definition) is 3. The molecule has 1 amide bonds. The number of thiocarbonyl (C=S) groups is 1. The topological polar surface area (TPSA) is 55.1 Å². The second kappa shape index (κ2) is 5.16. The first-order valence-electron chi connectivity index (χ1n) is 5.19. The lowest BCUT2D eigenvalue weighted by atomic mass is 9.86. The molecule has 0 radical (unpaired) electrons. The van der Waals surface area contributed by atoms with Crippen LogP contribution in [0.25, 0.3) is 0 Å². The summed E-state index contributed by atoms with van der Waals surface area (Å²) in [5.74, 6) is 2.11. The van der Waals surface area contributed by atoms with Crippen LogP contribution in [0, 0.1) is 5.41 Å². The van der Waals surface area contributed by atoms with Crippen molar-refractivity contribution in [3.8, 4) is 0 Å². The summed E-state index contributed by atoms with van der Waals surface area (Å²) in [5.41, 5.74) is 4.93. The number of rotatable bonds is 4. The molecule has 1 aliphatic heterocycles. The zero-order chi connectivity index (χ0) is 11.5. The van der Waals surface area contributed by atoms with Gasteiger partial charge in [-0.05, 0) is 25.5 Å². The molecule has 3 N–H and O–H groups in total. The Kier molecular flexibility index (Phi) is 4.40. The summed E-state index contributed by atoms with van der Waals surface area (Å²) in [6, 6.07) is 0.294. The van der Waals surface area contributed by atoms with Crippen LogP contribution in [0.5, 0.6) is 0 Å². The number of carbonyl (C=O) groups excluding carboxylic acids is 1. The minimum atomic E-state index is -0.692. The second-order valence-electron chi connectivity index (χ2n) is 4.08. The van der Waals surface area contributed by atoms with E-state index in [1.807, 2.05) is 25.6 Å². The van der Waals surface area contributed by atoms with Crippen molar-refractivity contribution in [2.45, 2.75) is 32.7 Å². The normalized spacial score (nSPS) is 24.5. The number of amides is 1. The SMILES string of the molecule is CCC(C)(C(=O)NC1CCSC1)C(N)=S. The molecule has 15 heavy (non-hydrogen) atoms. The van der Waals surface area contributed by atoms with Crippen molar-refractivity contribution in [1.82, 2.24) is 5.32 Å². The molecule has 1 fully saturated rings. The van der Waals surface area contributed by atoms with Crippen LogP contribution in [0.3, 0.4) is 0 Å². The average molecular weight is 246 g/mol. The Balaban J connectivity index is 2.60. The maximum absolute atomic E-state index is 12.0. The fourth-order valence-electron chi connectivity index (χ4n) is 1.44. The number of thioether (sulfide) groups is 1. The summed E-state index contributed by atoms with van der Waals surface area (Å²) in [7, 11) is 0. The summed E-state index contributed by atoms with van der Waals surface area (Å²) >= 11 is 6.83. The zero-order valence-electron chi connectivity index (χ0n) is 9.21. The Morgan fingerprint density at radius 2 is 2.40 bits per heavy atom. The highest BCUT2D eigenvalue weighted by molar-refractivity contribution is 7.99. The Labute approximate surface area is 101 Å². The quantitative estimate of drug-likeness (QED) is 0.734. The first-order chi connectivity index (χ1) is 7.00. The van der Waals surface area contributed by atoms with Crippen LogP contribution in [0.4, 0.5) is 0 Å². The second-order valence-corrected chi connectivity index (χ2v) is 5.67. The number of carbonyl (C=O) groups is 1. The van der Waals surface area contributed by atoms with Crippen molar-refractivity contribution in [1.29, 1.82) is 0 Å². The number of hydrogen-bond donors (Lipinski definition) is 2. The fourth-order valence-corrected chi connectivity index (χ4v) is 2.83. The molecule has 3 nitrogen and oxygen atoms in total. The van der Waals surface area contributed by atoms with E-state index in [-0.39, 0.29) is 10.9 Å². The van der Waals surface area contributed by atoms with Crippen molar-refractivity contribution >= 4 is 34.9 Å². The van der Waals surface area contributed by atoms with Gasteiger partial charge < -0.3 is 11.1 Å². The zero-order valence-corrected chi connectivity index (χ0v) is 10.8. The lowest BCUT2D eigenvalue weighted by Gasteiger charge is -2.27. The van der Waals surface area contributed by atoms with Crippen LogP contribution in [-0.2, 0) is 4.79 Å². The standard InChI is InChI=1S/C10H18N2OS2/c1-3-10(2,8(11)14)9(13)12-7-4-5-15-6-7/h7H,3-6H2,1-2H3,(H2,11,14)(H,12,13). The fraction of sp³-hybridized carbons (Fsp3) is 0.800. The van der Waals surface area contributed by atoms with Gasteiger partial charge in [0.2, 0.25) is 5.91 Å². The van der Waals surface area contributed by atoms with Crippen LogP contribution in [0.2, 0.25) is 0 Å². The molecule has 0 aromatic heterocycles. The highest BCUT2D eigenvalue weighted by Gasteiger charge is 2.35. The van der Waals surface area contributed by atoms with E-state index in [4.69, 9.17) is 18.0 Å². The largest absolute Gasteiger partial charge is 0.392 e. The molecular formula is C10H18N2OS2. The van der Waals surface area contributed by atoms with E-state index in [9.17, 15) is 4.79 Å². The van der Waals surface area contributed by atoms with Gasteiger partial charge >= 0.3 is 0 Å². The van der Waals surface area contributed by atoms with Gasteiger partial charge in [-0.3, -0.25) is 4.79 Å². The molecule has 1 aliphatic rings. The maximum Gasteiger partial charge on any atom is 0.233 e. The number of nitrogens with one attached hydrogen (secondary N) is 1. The summed E-state index contributed by atoms with van der Waals surface area (Å²) in [5, 5.41) is 3.02. The van der Waals surface area contributed by atoms with Crippen LogP contribution < -0.4 is 11.1 Å². The number of nitrogens with two attached hydrogens (primary N) is 1. The molecule has 1 saturated heterocycles. The van der Waals surface area contributed by atoms with Crippen LogP contribution in [0.1, 0.15) is 26.7 Å². The lowest BCUT2D eigenvalue weighted by molar-refractivity contribution is -0.127. The third kappa shape index (κ3) is 2.84. The Bertz CT molecular complexity index is 264. The molecular weight excluding hydrogens is 228 g/mol. The minimum Gasteiger partial charge on any atom is -0.392 e.